The van der Waals surface area contributed by atoms with E-state index in [0.717, 1.165) is 5.71 Å². The molecule has 0 radical (unpaired) electrons. The van der Waals surface area contributed by atoms with Crippen LogP contribution in [0.5, 0.6) is 0 Å². The fourth-order valence-corrected chi connectivity index (χ4v) is 0.183. The van der Waals surface area contributed by atoms with Crippen LogP contribution in [0, 0.1) is 0 Å². The highest BCUT2D eigenvalue weighted by Crippen LogP contribution is 1.71. The van der Waals surface area contributed by atoms with Crippen molar-refractivity contribution < 1.29 is 4.84 Å². The Balaban J connectivity index is -0.000000135. The van der Waals surface area contributed by atoms with E-state index in [2.05, 4.69) is 9.99 Å². The molecule has 0 heterocycles. The van der Waals surface area contributed by atoms with Gasteiger partial charge in [0.25, 0.3) is 0 Å². The lowest BCUT2D eigenvalue weighted by molar-refractivity contribution is 0.213. The smallest absolute Gasteiger partial charge is 0.106 e. The van der Waals surface area contributed by atoms with Gasteiger partial charge in [0.1, 0.15) is 7.11 Å². The van der Waals surface area contributed by atoms with E-state index in [1.807, 2.05) is 65.9 Å². The van der Waals surface area contributed by atoms with E-state index in [9.17, 15) is 0 Å². The Kier molecular flexibility index (Phi) is 24.3. The lowest BCUT2D eigenvalue weighted by Gasteiger charge is -1.90. The maximum absolute atomic E-state index is 4.39. The van der Waals surface area contributed by atoms with E-state index >= 15 is 0 Å². The molecule has 0 saturated carbocycles. The minimum absolute atomic E-state index is 0.942. The topological polar surface area (TPSA) is 24.8 Å². The van der Waals surface area contributed by atoms with Crippen LogP contribution in [0.25, 0.3) is 0 Å². The van der Waals surface area contributed by atoms with Crippen molar-refractivity contribution in [1.29, 1.82) is 0 Å². The molecule has 0 N–H and O–H groups in total. The van der Waals surface area contributed by atoms with E-state index in [1.165, 1.54) is 7.11 Å². The zero-order valence-corrected chi connectivity index (χ0v) is 11.0. The molecule has 0 saturated heterocycles. The molecule has 0 spiro atoms. The normalized spacial score (nSPS) is 8.36. The number of hydrogen-bond donors (Lipinski definition) is 0. The number of oxime groups is 1. The van der Waals surface area contributed by atoms with Crippen LogP contribution in [-0.4, -0.2) is 38.9 Å². The summed E-state index contributed by atoms with van der Waals surface area (Å²) < 4.78 is 0. The molecule has 0 aliphatic heterocycles. The second-order valence-electron chi connectivity index (χ2n) is 3.23. The lowest BCUT2D eigenvalue weighted by Crippen LogP contribution is -1.99. The zero-order valence-electron chi connectivity index (χ0n) is 11.0. The Morgan fingerprint density at radius 1 is 1.07 bits per heavy atom. The lowest BCUT2D eigenvalue weighted by atomic mass is 10.5. The first-order valence-electron chi connectivity index (χ1n) is 4.64. The van der Waals surface area contributed by atoms with Crippen LogP contribution in [0.1, 0.15) is 27.7 Å². The van der Waals surface area contributed by atoms with Crippen LogP contribution < -0.4 is 0 Å². The third-order valence-electron chi connectivity index (χ3n) is 0.607. The monoisotopic (exact) mass is 202 g/mol. The third-order valence-corrected chi connectivity index (χ3v) is 0.607. The van der Waals surface area contributed by atoms with Gasteiger partial charge < -0.3 is 9.74 Å². The van der Waals surface area contributed by atoms with Crippen molar-refractivity contribution >= 4 is 5.71 Å². The molecule has 3 nitrogen and oxygen atoms in total. The number of nitrogens with zero attached hydrogens (tertiary/aromatic N) is 2. The first-order valence-corrected chi connectivity index (χ1v) is 4.64. The minimum Gasteiger partial charge on any atom is -0.399 e. The third kappa shape index (κ3) is 115. The quantitative estimate of drug-likeness (QED) is 0.371. The predicted octanol–water partition coefficient (Wildman–Crippen LogP) is 2.79. The molecular formula is C11H26N2O. The second-order valence-corrected chi connectivity index (χ2v) is 3.23. The van der Waals surface area contributed by atoms with Crippen molar-refractivity contribution in [2.24, 2.45) is 5.16 Å². The van der Waals surface area contributed by atoms with E-state index in [1.54, 1.807) is 0 Å². The maximum Gasteiger partial charge on any atom is 0.106 e. The van der Waals surface area contributed by atoms with Crippen molar-refractivity contribution in [3.8, 4) is 0 Å². The summed E-state index contributed by atoms with van der Waals surface area (Å²) in [6.07, 6.45) is 4.00. The highest BCUT2D eigenvalue weighted by Gasteiger charge is 1.69. The molecule has 0 bridgehead atoms. The summed E-state index contributed by atoms with van der Waals surface area (Å²) in [4.78, 5) is 6.39. The fraction of sp³-hybridized carbons (Fsp3) is 0.727. The Morgan fingerprint density at radius 3 is 1.36 bits per heavy atom. The molecule has 0 aliphatic carbocycles. The van der Waals surface area contributed by atoms with E-state index < -0.39 is 0 Å². The molecule has 0 aliphatic rings. The van der Waals surface area contributed by atoms with Gasteiger partial charge >= 0.3 is 0 Å². The standard InChI is InChI=1S/C4H9NO.C4H8.C3H9N/c1-4(2)5-6-3;1-3-4-2;1-4(2)3/h1-3H3;3-4H,1-2H3;1-3H3. The average molecular weight is 202 g/mol. The maximum atomic E-state index is 4.39. The van der Waals surface area contributed by atoms with Gasteiger partial charge in [-0.1, -0.05) is 17.3 Å². The zero-order chi connectivity index (χ0) is 12.0. The first-order chi connectivity index (χ1) is 6.42. The number of hydrogen-bond acceptors (Lipinski definition) is 3. The highest BCUT2D eigenvalue weighted by molar-refractivity contribution is 5.78. The highest BCUT2D eigenvalue weighted by atomic mass is 16.6. The summed E-state index contributed by atoms with van der Waals surface area (Å²) in [5.41, 5.74) is 0.942. The van der Waals surface area contributed by atoms with Crippen molar-refractivity contribution in [2.45, 2.75) is 27.7 Å². The predicted molar refractivity (Wildman–Crippen MR) is 65.9 cm³/mol. The van der Waals surface area contributed by atoms with Crippen molar-refractivity contribution in [2.75, 3.05) is 28.3 Å². The van der Waals surface area contributed by atoms with Crippen LogP contribution in [0.4, 0.5) is 0 Å². The summed E-state index contributed by atoms with van der Waals surface area (Å²) in [7, 11) is 7.53. The molecule has 0 rings (SSSR count). The van der Waals surface area contributed by atoms with Gasteiger partial charge in [0.15, 0.2) is 0 Å². The van der Waals surface area contributed by atoms with Gasteiger partial charge in [0, 0.05) is 0 Å². The average Bonchev–Trinajstić information content (AvgIpc) is 2.03. The van der Waals surface area contributed by atoms with Crippen LogP contribution in [0.3, 0.4) is 0 Å². The van der Waals surface area contributed by atoms with E-state index in [0.29, 0.717) is 0 Å². The van der Waals surface area contributed by atoms with Crippen molar-refractivity contribution in [3.63, 3.8) is 0 Å². The molecular weight excluding hydrogens is 176 g/mol. The summed E-state index contributed by atoms with van der Waals surface area (Å²) in [5.74, 6) is 0. The molecule has 86 valence electrons. The van der Waals surface area contributed by atoms with Gasteiger partial charge in [-0.3, -0.25) is 0 Å². The van der Waals surface area contributed by atoms with Crippen molar-refractivity contribution in [3.05, 3.63) is 12.2 Å². The first kappa shape index (κ1) is 18.9. The van der Waals surface area contributed by atoms with Crippen LogP contribution in [0.2, 0.25) is 0 Å². The molecule has 3 heteroatoms. The van der Waals surface area contributed by atoms with Crippen molar-refractivity contribution in [1.82, 2.24) is 4.90 Å². The summed E-state index contributed by atoms with van der Waals surface area (Å²) in [6, 6.07) is 0. The van der Waals surface area contributed by atoms with Gasteiger partial charge in [-0.2, -0.15) is 0 Å². The van der Waals surface area contributed by atoms with Gasteiger partial charge in [-0.25, -0.2) is 0 Å². The van der Waals surface area contributed by atoms with E-state index in [4.69, 9.17) is 0 Å². The largest absolute Gasteiger partial charge is 0.399 e. The van der Waals surface area contributed by atoms with Gasteiger partial charge in [-0.15, -0.1) is 0 Å². The molecule has 0 atom stereocenters. The molecule has 14 heavy (non-hydrogen) atoms. The number of rotatable bonds is 1. The van der Waals surface area contributed by atoms with Crippen LogP contribution in [-0.2, 0) is 4.84 Å². The molecule has 0 amide bonds. The second kappa shape index (κ2) is 18.1. The summed E-state index contributed by atoms with van der Waals surface area (Å²) in [5, 5.41) is 3.54. The molecule has 0 aromatic carbocycles. The molecule has 0 unspecified atom stereocenters. The van der Waals surface area contributed by atoms with Gasteiger partial charge in [-0.05, 0) is 48.8 Å². The fourth-order valence-electron chi connectivity index (χ4n) is 0.183. The molecule has 0 aromatic rings. The van der Waals surface area contributed by atoms with E-state index in [-0.39, 0.29) is 0 Å². The molecule has 0 fully saturated rings. The van der Waals surface area contributed by atoms with Gasteiger partial charge in [0.2, 0.25) is 0 Å². The summed E-state index contributed by atoms with van der Waals surface area (Å²) in [6.45, 7) is 7.76. The Hall–Kier alpha value is -0.830. The van der Waals surface area contributed by atoms with Gasteiger partial charge in [0.05, 0.1) is 5.71 Å². The molecule has 0 aromatic heterocycles. The van der Waals surface area contributed by atoms with Crippen LogP contribution in [0.15, 0.2) is 17.3 Å². The van der Waals surface area contributed by atoms with Crippen LogP contribution >= 0.6 is 0 Å². The SMILES string of the molecule is CC=CC.CN(C)C.CON=C(C)C. The Morgan fingerprint density at radius 2 is 1.36 bits per heavy atom. The Bertz CT molecular complexity index is 129. The Labute approximate surface area is 89.4 Å². The minimum atomic E-state index is 0.942. The number of allylic oxidation sites excluding steroid dienone is 2. The summed E-state index contributed by atoms with van der Waals surface area (Å²) >= 11 is 0.